The van der Waals surface area contributed by atoms with Crippen molar-refractivity contribution in [2.24, 2.45) is 0 Å². The van der Waals surface area contributed by atoms with Gasteiger partial charge in [-0.15, -0.1) is 0 Å². The number of pyridine rings is 1. The largest absolute Gasteiger partial charge is 0.364 e. The molecule has 4 nitrogen and oxygen atoms in total. The lowest BCUT2D eigenvalue weighted by Crippen LogP contribution is -2.14. The molecule has 0 saturated carbocycles. The molecule has 0 radical (unpaired) electrons. The summed E-state index contributed by atoms with van der Waals surface area (Å²) in [5, 5.41) is 6.85. The number of rotatable bonds is 5. The average molecular weight is 366 g/mol. The lowest BCUT2D eigenvalue weighted by atomic mass is 10.1. The van der Waals surface area contributed by atoms with Crippen molar-refractivity contribution in [3.63, 3.8) is 0 Å². The van der Waals surface area contributed by atoms with Crippen LogP contribution in [-0.2, 0) is 0 Å². The summed E-state index contributed by atoms with van der Waals surface area (Å²) < 4.78 is 0. The van der Waals surface area contributed by atoms with Crippen molar-refractivity contribution in [2.45, 2.75) is 19.9 Å². The number of hydrogen-bond acceptors (Lipinski definition) is 3. The minimum Gasteiger partial charge on any atom is -0.364 e. The summed E-state index contributed by atoms with van der Waals surface area (Å²) in [5.74, 6) is 0.449. The second kappa shape index (κ2) is 8.02. The molecule has 2 aromatic carbocycles. The average Bonchev–Trinajstić information content (AvgIpc) is 2.66. The number of amides is 1. The van der Waals surface area contributed by atoms with Crippen LogP contribution in [0.15, 0.2) is 66.9 Å². The smallest absolute Gasteiger partial charge is 0.255 e. The van der Waals surface area contributed by atoms with Crippen LogP contribution in [0.4, 0.5) is 11.5 Å². The van der Waals surface area contributed by atoms with Gasteiger partial charge in [0.05, 0.1) is 0 Å². The van der Waals surface area contributed by atoms with Crippen molar-refractivity contribution >= 4 is 29.0 Å². The van der Waals surface area contributed by atoms with Crippen molar-refractivity contribution in [2.75, 3.05) is 10.6 Å². The molecule has 1 atom stereocenters. The lowest BCUT2D eigenvalue weighted by molar-refractivity contribution is 0.102. The molecule has 1 aromatic heterocycles. The van der Waals surface area contributed by atoms with E-state index in [0.717, 1.165) is 11.1 Å². The molecule has 2 N–H and O–H groups in total. The van der Waals surface area contributed by atoms with Crippen LogP contribution in [0.3, 0.4) is 0 Å². The number of nitrogens with zero attached hydrogens (tertiary/aromatic N) is 1. The molecule has 0 fully saturated rings. The number of carbonyl (C=O) groups excluding carboxylic acids is 1. The van der Waals surface area contributed by atoms with Gasteiger partial charge in [-0.1, -0.05) is 48.0 Å². The Morgan fingerprint density at radius 3 is 2.62 bits per heavy atom. The summed E-state index contributed by atoms with van der Waals surface area (Å²) in [5.41, 5.74) is 3.22. The number of aromatic nitrogens is 1. The molecule has 0 aliphatic heterocycles. The molecule has 1 heterocycles. The highest BCUT2D eigenvalue weighted by Crippen LogP contribution is 2.24. The van der Waals surface area contributed by atoms with Gasteiger partial charge in [0.2, 0.25) is 0 Å². The lowest BCUT2D eigenvalue weighted by Gasteiger charge is -2.15. The minimum absolute atomic E-state index is 0.0807. The van der Waals surface area contributed by atoms with Gasteiger partial charge in [-0.05, 0) is 49.2 Å². The molecule has 1 amide bonds. The Kier molecular flexibility index (Phi) is 5.54. The first-order valence-corrected chi connectivity index (χ1v) is 8.76. The van der Waals surface area contributed by atoms with Crippen LogP contribution in [0.25, 0.3) is 0 Å². The summed E-state index contributed by atoms with van der Waals surface area (Å²) in [7, 11) is 0. The van der Waals surface area contributed by atoms with Gasteiger partial charge in [0.25, 0.3) is 5.91 Å². The van der Waals surface area contributed by atoms with Crippen molar-refractivity contribution in [3.05, 3.63) is 88.6 Å². The third-order valence-electron chi connectivity index (χ3n) is 4.20. The van der Waals surface area contributed by atoms with E-state index in [1.54, 1.807) is 24.4 Å². The zero-order valence-electron chi connectivity index (χ0n) is 14.7. The maximum atomic E-state index is 12.6. The predicted octanol–water partition coefficient (Wildman–Crippen LogP) is 5.47. The number of benzene rings is 2. The maximum absolute atomic E-state index is 12.6. The summed E-state index contributed by atoms with van der Waals surface area (Å²) in [6.45, 7) is 3.93. The summed E-state index contributed by atoms with van der Waals surface area (Å²) in [4.78, 5) is 16.9. The fraction of sp³-hybridized carbons (Fsp3) is 0.143. The summed E-state index contributed by atoms with van der Waals surface area (Å²) >= 11 is 6.11. The zero-order chi connectivity index (χ0) is 18.5. The first kappa shape index (κ1) is 18.0. The fourth-order valence-electron chi connectivity index (χ4n) is 2.63. The van der Waals surface area contributed by atoms with Gasteiger partial charge >= 0.3 is 0 Å². The standard InChI is InChI=1S/C21H20ClN3O/c1-14-18(22)9-6-10-19(14)25-21(26)17-11-12-23-20(13-17)24-15(2)16-7-4-3-5-8-16/h3-13,15H,1-2H3,(H,23,24)(H,25,26). The molecular weight excluding hydrogens is 346 g/mol. The van der Waals surface area contributed by atoms with Gasteiger partial charge in [0, 0.05) is 28.5 Å². The van der Waals surface area contributed by atoms with E-state index >= 15 is 0 Å². The fourth-order valence-corrected chi connectivity index (χ4v) is 2.81. The van der Waals surface area contributed by atoms with Crippen molar-refractivity contribution in [1.82, 2.24) is 4.98 Å². The van der Waals surface area contributed by atoms with E-state index in [9.17, 15) is 4.79 Å². The molecule has 26 heavy (non-hydrogen) atoms. The van der Waals surface area contributed by atoms with E-state index in [1.807, 2.05) is 37.3 Å². The van der Waals surface area contributed by atoms with E-state index in [0.29, 0.717) is 22.1 Å². The first-order valence-electron chi connectivity index (χ1n) is 8.38. The van der Waals surface area contributed by atoms with Crippen LogP contribution in [-0.4, -0.2) is 10.9 Å². The zero-order valence-corrected chi connectivity index (χ0v) is 15.4. The van der Waals surface area contributed by atoms with Crippen molar-refractivity contribution < 1.29 is 4.79 Å². The number of carbonyl (C=O) groups is 1. The molecule has 0 aliphatic rings. The van der Waals surface area contributed by atoms with Gasteiger partial charge in [0.1, 0.15) is 5.82 Å². The second-order valence-corrected chi connectivity index (χ2v) is 6.48. The Balaban J connectivity index is 1.74. The molecule has 3 aromatic rings. The van der Waals surface area contributed by atoms with Crippen molar-refractivity contribution in [1.29, 1.82) is 0 Å². The monoisotopic (exact) mass is 365 g/mol. The summed E-state index contributed by atoms with van der Waals surface area (Å²) in [6.07, 6.45) is 1.62. The van der Waals surface area contributed by atoms with E-state index in [2.05, 4.69) is 34.7 Å². The molecule has 0 bridgehead atoms. The van der Waals surface area contributed by atoms with Crippen LogP contribution in [0, 0.1) is 6.92 Å². The maximum Gasteiger partial charge on any atom is 0.255 e. The third kappa shape index (κ3) is 4.21. The Hall–Kier alpha value is -2.85. The minimum atomic E-state index is -0.201. The Labute approximate surface area is 158 Å². The molecule has 132 valence electrons. The van der Waals surface area contributed by atoms with Crippen LogP contribution in [0.5, 0.6) is 0 Å². The van der Waals surface area contributed by atoms with E-state index < -0.39 is 0 Å². The molecule has 3 rings (SSSR count). The van der Waals surface area contributed by atoms with Gasteiger partial charge in [-0.25, -0.2) is 4.98 Å². The van der Waals surface area contributed by atoms with Crippen LogP contribution >= 0.6 is 11.6 Å². The SMILES string of the molecule is Cc1c(Cl)cccc1NC(=O)c1ccnc(NC(C)c2ccccc2)c1. The molecule has 1 unspecified atom stereocenters. The molecule has 0 saturated heterocycles. The molecular formula is C21H20ClN3O. The van der Waals surface area contributed by atoms with Gasteiger partial charge < -0.3 is 10.6 Å². The topological polar surface area (TPSA) is 54.0 Å². The third-order valence-corrected chi connectivity index (χ3v) is 4.61. The number of nitrogens with one attached hydrogen (secondary N) is 2. The van der Waals surface area contributed by atoms with Gasteiger partial charge in [-0.2, -0.15) is 0 Å². The molecule has 0 spiro atoms. The second-order valence-electron chi connectivity index (χ2n) is 6.07. The first-order chi connectivity index (χ1) is 12.5. The van der Waals surface area contributed by atoms with Crippen LogP contribution < -0.4 is 10.6 Å². The quantitative estimate of drug-likeness (QED) is 0.630. The Bertz CT molecular complexity index is 912. The number of halogens is 1. The Morgan fingerprint density at radius 1 is 1.08 bits per heavy atom. The molecule has 0 aliphatic carbocycles. The van der Waals surface area contributed by atoms with E-state index in [-0.39, 0.29) is 11.9 Å². The van der Waals surface area contributed by atoms with Crippen molar-refractivity contribution in [3.8, 4) is 0 Å². The van der Waals surface area contributed by atoms with Crippen LogP contribution in [0.2, 0.25) is 5.02 Å². The normalized spacial score (nSPS) is 11.7. The Morgan fingerprint density at radius 2 is 1.85 bits per heavy atom. The highest BCUT2D eigenvalue weighted by molar-refractivity contribution is 6.31. The summed E-state index contributed by atoms with van der Waals surface area (Å²) in [6, 6.07) is 19.0. The van der Waals surface area contributed by atoms with Crippen LogP contribution in [0.1, 0.15) is 34.5 Å². The van der Waals surface area contributed by atoms with E-state index in [4.69, 9.17) is 11.6 Å². The van der Waals surface area contributed by atoms with E-state index in [1.165, 1.54) is 0 Å². The highest BCUT2D eigenvalue weighted by Gasteiger charge is 2.11. The number of anilines is 2. The van der Waals surface area contributed by atoms with Gasteiger partial charge in [0.15, 0.2) is 0 Å². The van der Waals surface area contributed by atoms with Gasteiger partial charge in [-0.3, -0.25) is 4.79 Å². The highest BCUT2D eigenvalue weighted by atomic mass is 35.5. The number of hydrogen-bond donors (Lipinski definition) is 2. The molecule has 5 heteroatoms. The predicted molar refractivity (Wildman–Crippen MR) is 107 cm³/mol.